The summed E-state index contributed by atoms with van der Waals surface area (Å²) in [5, 5.41) is 3.09. The molecule has 2 aromatic rings. The van der Waals surface area contributed by atoms with Crippen LogP contribution in [-0.2, 0) is 6.54 Å². The quantitative estimate of drug-likeness (QED) is 0.874. The van der Waals surface area contributed by atoms with Crippen molar-refractivity contribution in [2.45, 2.75) is 13.2 Å². The van der Waals surface area contributed by atoms with E-state index in [0.29, 0.717) is 29.7 Å². The minimum Gasteiger partial charge on any atom is -0.486 e. The van der Waals surface area contributed by atoms with Crippen molar-refractivity contribution in [2.75, 3.05) is 13.2 Å². The highest BCUT2D eigenvalue weighted by molar-refractivity contribution is 6.32. The van der Waals surface area contributed by atoms with Crippen LogP contribution in [0.1, 0.15) is 15.9 Å². The molecule has 3 rings (SSSR count). The Bertz CT molecular complexity index is 785. The summed E-state index contributed by atoms with van der Waals surface area (Å²) in [6.45, 7) is -1.90. The Labute approximate surface area is 147 Å². The van der Waals surface area contributed by atoms with Crippen LogP contribution in [0.5, 0.6) is 17.2 Å². The number of fused-ring (bicyclic) bond motifs is 1. The standard InChI is InChI=1S/C17H14ClF2NO4/c18-13-6-10(7-14-15(13)24-5-4-23-14)9-21-16(22)11-2-1-3-12(8-11)25-17(19)20/h1-3,6-8,17H,4-5,9H2,(H,21,22). The van der Waals surface area contributed by atoms with Gasteiger partial charge in [-0.3, -0.25) is 4.79 Å². The molecule has 0 radical (unpaired) electrons. The summed E-state index contributed by atoms with van der Waals surface area (Å²) in [6.07, 6.45) is 0. The average molecular weight is 370 g/mol. The summed E-state index contributed by atoms with van der Waals surface area (Å²) >= 11 is 6.14. The van der Waals surface area contributed by atoms with Crippen molar-refractivity contribution < 1.29 is 27.8 Å². The van der Waals surface area contributed by atoms with Crippen molar-refractivity contribution in [3.63, 3.8) is 0 Å². The maximum Gasteiger partial charge on any atom is 0.387 e. The van der Waals surface area contributed by atoms with Crippen molar-refractivity contribution in [2.24, 2.45) is 0 Å². The van der Waals surface area contributed by atoms with Crippen molar-refractivity contribution in [1.82, 2.24) is 5.32 Å². The van der Waals surface area contributed by atoms with Crippen LogP contribution in [0.25, 0.3) is 0 Å². The molecule has 1 N–H and O–H groups in total. The van der Waals surface area contributed by atoms with Crippen LogP contribution in [0.3, 0.4) is 0 Å². The third kappa shape index (κ3) is 4.30. The number of alkyl halides is 2. The molecule has 2 aromatic carbocycles. The van der Waals surface area contributed by atoms with E-state index < -0.39 is 12.5 Å². The Kier molecular flexibility index (Phi) is 5.23. The summed E-state index contributed by atoms with van der Waals surface area (Å²) in [4.78, 5) is 12.2. The van der Waals surface area contributed by atoms with E-state index in [-0.39, 0.29) is 17.9 Å². The van der Waals surface area contributed by atoms with E-state index >= 15 is 0 Å². The monoisotopic (exact) mass is 369 g/mol. The highest BCUT2D eigenvalue weighted by Crippen LogP contribution is 2.38. The van der Waals surface area contributed by atoms with Gasteiger partial charge in [0.15, 0.2) is 11.5 Å². The minimum absolute atomic E-state index is 0.0787. The molecule has 0 aliphatic carbocycles. The lowest BCUT2D eigenvalue weighted by Gasteiger charge is -2.20. The van der Waals surface area contributed by atoms with Crippen LogP contribution in [-0.4, -0.2) is 25.7 Å². The number of amides is 1. The lowest BCUT2D eigenvalue weighted by atomic mass is 10.1. The average Bonchev–Trinajstić information content (AvgIpc) is 2.59. The van der Waals surface area contributed by atoms with Gasteiger partial charge in [-0.15, -0.1) is 0 Å². The molecular formula is C17H14ClF2NO4. The second-order valence-corrected chi connectivity index (χ2v) is 5.60. The van der Waals surface area contributed by atoms with Gasteiger partial charge in [0.2, 0.25) is 0 Å². The van der Waals surface area contributed by atoms with Crippen LogP contribution >= 0.6 is 11.6 Å². The topological polar surface area (TPSA) is 56.8 Å². The van der Waals surface area contributed by atoms with E-state index in [9.17, 15) is 13.6 Å². The van der Waals surface area contributed by atoms with Gasteiger partial charge >= 0.3 is 6.61 Å². The third-order valence-electron chi connectivity index (χ3n) is 3.43. The van der Waals surface area contributed by atoms with Gasteiger partial charge in [0.25, 0.3) is 5.91 Å². The van der Waals surface area contributed by atoms with E-state index in [1.54, 1.807) is 12.1 Å². The predicted molar refractivity (Wildman–Crippen MR) is 86.7 cm³/mol. The fourth-order valence-corrected chi connectivity index (χ4v) is 2.65. The van der Waals surface area contributed by atoms with Gasteiger partial charge in [0, 0.05) is 12.1 Å². The zero-order chi connectivity index (χ0) is 17.8. The molecule has 0 saturated carbocycles. The number of halogens is 3. The molecule has 8 heteroatoms. The Morgan fingerprint density at radius 2 is 2.04 bits per heavy atom. The molecule has 1 heterocycles. The normalized spacial score (nSPS) is 12.8. The van der Waals surface area contributed by atoms with Gasteiger partial charge in [-0.2, -0.15) is 8.78 Å². The summed E-state index contributed by atoms with van der Waals surface area (Å²) in [6, 6.07) is 8.97. The third-order valence-corrected chi connectivity index (χ3v) is 3.71. The van der Waals surface area contributed by atoms with Crippen LogP contribution in [0.2, 0.25) is 5.02 Å². The van der Waals surface area contributed by atoms with Crippen LogP contribution < -0.4 is 19.5 Å². The fraction of sp³-hybridized carbons (Fsp3) is 0.235. The molecule has 1 aliphatic heterocycles. The molecule has 0 saturated heterocycles. The molecule has 0 unspecified atom stereocenters. The maximum absolute atomic E-state index is 12.2. The maximum atomic E-state index is 12.2. The largest absolute Gasteiger partial charge is 0.486 e. The molecular weight excluding hydrogens is 356 g/mol. The van der Waals surface area contributed by atoms with E-state index in [4.69, 9.17) is 21.1 Å². The van der Waals surface area contributed by atoms with Crippen LogP contribution in [0, 0.1) is 0 Å². The van der Waals surface area contributed by atoms with E-state index in [2.05, 4.69) is 10.1 Å². The summed E-state index contributed by atoms with van der Waals surface area (Å²) < 4.78 is 39.7. The molecule has 0 atom stereocenters. The van der Waals surface area contributed by atoms with E-state index in [0.717, 1.165) is 5.56 Å². The molecule has 1 aliphatic rings. The zero-order valence-electron chi connectivity index (χ0n) is 12.9. The first-order valence-corrected chi connectivity index (χ1v) is 7.82. The van der Waals surface area contributed by atoms with Gasteiger partial charge in [-0.1, -0.05) is 17.7 Å². The Balaban J connectivity index is 1.67. The summed E-state index contributed by atoms with van der Waals surface area (Å²) in [5.41, 5.74) is 0.935. The zero-order valence-corrected chi connectivity index (χ0v) is 13.7. The first kappa shape index (κ1) is 17.3. The number of nitrogens with one attached hydrogen (secondary N) is 1. The lowest BCUT2D eigenvalue weighted by molar-refractivity contribution is -0.0498. The van der Waals surface area contributed by atoms with Gasteiger partial charge in [-0.05, 0) is 35.9 Å². The fourth-order valence-electron chi connectivity index (χ4n) is 2.36. The van der Waals surface area contributed by atoms with Crippen molar-refractivity contribution in [3.8, 4) is 17.2 Å². The lowest BCUT2D eigenvalue weighted by Crippen LogP contribution is -2.23. The van der Waals surface area contributed by atoms with Crippen LogP contribution in [0.15, 0.2) is 36.4 Å². The molecule has 25 heavy (non-hydrogen) atoms. The second kappa shape index (κ2) is 7.57. The number of hydrogen-bond acceptors (Lipinski definition) is 4. The molecule has 0 aromatic heterocycles. The molecule has 1 amide bonds. The molecule has 5 nitrogen and oxygen atoms in total. The van der Waals surface area contributed by atoms with Crippen molar-refractivity contribution >= 4 is 17.5 Å². The molecule has 132 valence electrons. The Morgan fingerprint density at radius 3 is 2.84 bits per heavy atom. The molecule has 0 fully saturated rings. The number of carbonyl (C=O) groups excluding carboxylic acids is 1. The second-order valence-electron chi connectivity index (χ2n) is 5.19. The first-order chi connectivity index (χ1) is 12.0. The predicted octanol–water partition coefficient (Wildman–Crippen LogP) is 3.64. The van der Waals surface area contributed by atoms with Crippen LogP contribution in [0.4, 0.5) is 8.78 Å². The smallest absolute Gasteiger partial charge is 0.387 e. The summed E-state index contributed by atoms with van der Waals surface area (Å²) in [7, 11) is 0. The van der Waals surface area contributed by atoms with Crippen molar-refractivity contribution in [1.29, 1.82) is 0 Å². The van der Waals surface area contributed by atoms with E-state index in [1.165, 1.54) is 24.3 Å². The number of ether oxygens (including phenoxy) is 3. The van der Waals surface area contributed by atoms with Gasteiger partial charge in [0.1, 0.15) is 19.0 Å². The number of hydrogen-bond donors (Lipinski definition) is 1. The highest BCUT2D eigenvalue weighted by atomic mass is 35.5. The summed E-state index contributed by atoms with van der Waals surface area (Å²) in [5.74, 6) is 0.505. The number of benzene rings is 2. The van der Waals surface area contributed by atoms with Crippen molar-refractivity contribution in [3.05, 3.63) is 52.5 Å². The Morgan fingerprint density at radius 1 is 1.24 bits per heavy atom. The van der Waals surface area contributed by atoms with Gasteiger partial charge in [0.05, 0.1) is 5.02 Å². The van der Waals surface area contributed by atoms with Gasteiger partial charge < -0.3 is 19.5 Å². The number of carbonyl (C=O) groups is 1. The SMILES string of the molecule is O=C(NCc1cc(Cl)c2c(c1)OCCO2)c1cccc(OC(F)F)c1. The van der Waals surface area contributed by atoms with Gasteiger partial charge in [-0.25, -0.2) is 0 Å². The Hall–Kier alpha value is -2.54. The molecule has 0 bridgehead atoms. The molecule has 0 spiro atoms. The highest BCUT2D eigenvalue weighted by Gasteiger charge is 2.17. The van der Waals surface area contributed by atoms with E-state index in [1.807, 2.05) is 0 Å². The number of rotatable bonds is 5. The minimum atomic E-state index is -2.95. The first-order valence-electron chi connectivity index (χ1n) is 7.44.